The third kappa shape index (κ3) is 4.08. The van der Waals surface area contributed by atoms with Crippen molar-refractivity contribution >= 4 is 22.6 Å². The summed E-state index contributed by atoms with van der Waals surface area (Å²) in [5.41, 5.74) is 2.48. The molecule has 0 radical (unpaired) electrons. The van der Waals surface area contributed by atoms with E-state index in [0.717, 1.165) is 30.2 Å². The number of para-hydroxylation sites is 2. The highest BCUT2D eigenvalue weighted by molar-refractivity contribution is 5.89. The number of hydrogen-bond donors (Lipinski definition) is 1. The van der Waals surface area contributed by atoms with Gasteiger partial charge in [0.1, 0.15) is 5.82 Å². The zero-order valence-electron chi connectivity index (χ0n) is 15.1. The first-order valence-corrected chi connectivity index (χ1v) is 9.33. The van der Waals surface area contributed by atoms with E-state index in [1.807, 2.05) is 24.4 Å². The van der Waals surface area contributed by atoms with Gasteiger partial charge in [0.05, 0.1) is 11.2 Å². The standard InChI is InChI=1S/C22H22FN3O/c23-19-6-2-4-8-21(19)25-22(27)26-11-9-16(10-12-26)13-17-14-18-5-1-3-7-20(18)24-15-17/h1-8,14-16H,9-13H2,(H,25,27). The molecule has 1 N–H and O–H groups in total. The van der Waals surface area contributed by atoms with Gasteiger partial charge in [-0.1, -0.05) is 30.3 Å². The van der Waals surface area contributed by atoms with Crippen molar-refractivity contribution < 1.29 is 9.18 Å². The van der Waals surface area contributed by atoms with E-state index in [1.54, 1.807) is 23.1 Å². The van der Waals surface area contributed by atoms with Crippen LogP contribution in [0.2, 0.25) is 0 Å². The van der Waals surface area contributed by atoms with E-state index >= 15 is 0 Å². The summed E-state index contributed by atoms with van der Waals surface area (Å²) in [6.07, 6.45) is 4.81. The Kier molecular flexibility index (Phi) is 5.01. The summed E-state index contributed by atoms with van der Waals surface area (Å²) < 4.78 is 13.7. The van der Waals surface area contributed by atoms with E-state index in [4.69, 9.17) is 0 Å². The Morgan fingerprint density at radius 1 is 1.11 bits per heavy atom. The molecule has 0 aliphatic carbocycles. The molecule has 1 fully saturated rings. The lowest BCUT2D eigenvalue weighted by atomic mass is 9.90. The maximum atomic E-state index is 13.7. The highest BCUT2D eigenvalue weighted by atomic mass is 19.1. The Bertz CT molecular complexity index is 951. The molecule has 138 valence electrons. The van der Waals surface area contributed by atoms with Crippen molar-refractivity contribution in [2.45, 2.75) is 19.3 Å². The Balaban J connectivity index is 1.33. The van der Waals surface area contributed by atoms with Gasteiger partial charge < -0.3 is 10.2 Å². The lowest BCUT2D eigenvalue weighted by molar-refractivity contribution is 0.182. The summed E-state index contributed by atoms with van der Waals surface area (Å²) in [6, 6.07) is 16.3. The molecule has 1 aliphatic heterocycles. The molecule has 0 unspecified atom stereocenters. The third-order valence-electron chi connectivity index (χ3n) is 5.19. The first kappa shape index (κ1) is 17.5. The third-order valence-corrected chi connectivity index (χ3v) is 5.19. The van der Waals surface area contributed by atoms with E-state index in [-0.39, 0.29) is 11.7 Å². The monoisotopic (exact) mass is 363 g/mol. The average Bonchev–Trinajstić information content (AvgIpc) is 2.70. The number of aromatic nitrogens is 1. The second kappa shape index (κ2) is 7.74. The normalized spacial score (nSPS) is 15.1. The van der Waals surface area contributed by atoms with Crippen LogP contribution < -0.4 is 5.32 Å². The number of likely N-dealkylation sites (tertiary alicyclic amines) is 1. The highest BCUT2D eigenvalue weighted by Gasteiger charge is 2.23. The number of nitrogens with zero attached hydrogens (tertiary/aromatic N) is 2. The van der Waals surface area contributed by atoms with Crippen LogP contribution in [0, 0.1) is 11.7 Å². The van der Waals surface area contributed by atoms with Crippen molar-refractivity contribution in [3.05, 3.63) is 72.2 Å². The molecule has 2 amide bonds. The first-order valence-electron chi connectivity index (χ1n) is 9.33. The molecular formula is C22H22FN3O. The number of piperidine rings is 1. The van der Waals surface area contributed by atoms with Crippen molar-refractivity contribution in [3.63, 3.8) is 0 Å². The Morgan fingerprint density at radius 2 is 1.85 bits per heavy atom. The number of carbonyl (C=O) groups is 1. The maximum Gasteiger partial charge on any atom is 0.321 e. The van der Waals surface area contributed by atoms with Crippen LogP contribution in [-0.2, 0) is 6.42 Å². The molecule has 0 bridgehead atoms. The predicted molar refractivity (Wildman–Crippen MR) is 105 cm³/mol. The van der Waals surface area contributed by atoms with Gasteiger partial charge in [0.25, 0.3) is 0 Å². The summed E-state index contributed by atoms with van der Waals surface area (Å²) in [7, 11) is 0. The zero-order chi connectivity index (χ0) is 18.6. The van der Waals surface area contributed by atoms with Crippen LogP contribution in [0.1, 0.15) is 18.4 Å². The molecule has 0 spiro atoms. The maximum absolute atomic E-state index is 13.7. The Morgan fingerprint density at radius 3 is 2.67 bits per heavy atom. The molecule has 1 aromatic heterocycles. The minimum atomic E-state index is -0.412. The number of carbonyl (C=O) groups excluding carboxylic acids is 1. The molecule has 0 saturated carbocycles. The van der Waals surface area contributed by atoms with Crippen LogP contribution >= 0.6 is 0 Å². The molecule has 27 heavy (non-hydrogen) atoms. The lowest BCUT2D eigenvalue weighted by Gasteiger charge is -2.32. The first-order chi connectivity index (χ1) is 13.2. The molecule has 0 atom stereocenters. The van der Waals surface area contributed by atoms with Crippen molar-refractivity contribution in [3.8, 4) is 0 Å². The summed E-state index contributed by atoms with van der Waals surface area (Å²) in [5.74, 6) is 0.120. The largest absolute Gasteiger partial charge is 0.325 e. The molecule has 4 nitrogen and oxygen atoms in total. The smallest absolute Gasteiger partial charge is 0.321 e. The zero-order valence-corrected chi connectivity index (χ0v) is 15.1. The van der Waals surface area contributed by atoms with Crippen molar-refractivity contribution in [1.82, 2.24) is 9.88 Å². The molecular weight excluding hydrogens is 341 g/mol. The summed E-state index contributed by atoms with van der Waals surface area (Å²) >= 11 is 0. The van der Waals surface area contributed by atoms with E-state index < -0.39 is 5.82 Å². The second-order valence-electron chi connectivity index (χ2n) is 7.08. The van der Waals surface area contributed by atoms with Crippen LogP contribution in [0.4, 0.5) is 14.9 Å². The van der Waals surface area contributed by atoms with Crippen LogP contribution in [-0.4, -0.2) is 29.0 Å². The number of halogens is 1. The average molecular weight is 363 g/mol. The number of amides is 2. The van der Waals surface area contributed by atoms with Gasteiger partial charge >= 0.3 is 6.03 Å². The molecule has 5 heteroatoms. The minimum Gasteiger partial charge on any atom is -0.325 e. The fourth-order valence-electron chi connectivity index (χ4n) is 3.66. The molecule has 1 saturated heterocycles. The lowest BCUT2D eigenvalue weighted by Crippen LogP contribution is -2.41. The number of benzene rings is 2. The number of urea groups is 1. The number of hydrogen-bond acceptors (Lipinski definition) is 2. The number of pyridine rings is 1. The predicted octanol–water partition coefficient (Wildman–Crippen LogP) is 4.86. The number of nitrogens with one attached hydrogen (secondary N) is 1. The van der Waals surface area contributed by atoms with Crippen LogP contribution in [0.25, 0.3) is 10.9 Å². The molecule has 2 aromatic carbocycles. The quantitative estimate of drug-likeness (QED) is 0.722. The van der Waals surface area contributed by atoms with Crippen molar-refractivity contribution in [2.24, 2.45) is 5.92 Å². The number of anilines is 1. The van der Waals surface area contributed by atoms with Gasteiger partial charge in [0.2, 0.25) is 0 Å². The topological polar surface area (TPSA) is 45.2 Å². The highest BCUT2D eigenvalue weighted by Crippen LogP contribution is 2.24. The van der Waals surface area contributed by atoms with Crippen molar-refractivity contribution in [1.29, 1.82) is 0 Å². The number of rotatable bonds is 3. The van der Waals surface area contributed by atoms with Crippen LogP contribution in [0.15, 0.2) is 60.8 Å². The summed E-state index contributed by atoms with van der Waals surface area (Å²) in [4.78, 5) is 18.7. The Hall–Kier alpha value is -2.95. The van der Waals surface area contributed by atoms with Gasteiger partial charge in [0.15, 0.2) is 0 Å². The summed E-state index contributed by atoms with van der Waals surface area (Å²) in [5, 5.41) is 3.83. The van der Waals surface area contributed by atoms with E-state index in [0.29, 0.717) is 19.0 Å². The van der Waals surface area contributed by atoms with E-state index in [9.17, 15) is 9.18 Å². The summed E-state index contributed by atoms with van der Waals surface area (Å²) in [6.45, 7) is 1.37. The van der Waals surface area contributed by atoms with Gasteiger partial charge in [-0.15, -0.1) is 0 Å². The SMILES string of the molecule is O=C(Nc1ccccc1F)N1CCC(Cc2cnc3ccccc3c2)CC1. The van der Waals surface area contributed by atoms with Crippen molar-refractivity contribution in [2.75, 3.05) is 18.4 Å². The van der Waals surface area contributed by atoms with Gasteiger partial charge in [-0.25, -0.2) is 9.18 Å². The minimum absolute atomic E-state index is 0.229. The van der Waals surface area contributed by atoms with Gasteiger partial charge in [0, 0.05) is 24.7 Å². The van der Waals surface area contributed by atoms with E-state index in [1.165, 1.54) is 11.6 Å². The van der Waals surface area contributed by atoms with E-state index in [2.05, 4.69) is 22.4 Å². The second-order valence-corrected chi connectivity index (χ2v) is 7.08. The Labute approximate surface area is 158 Å². The number of fused-ring (bicyclic) bond motifs is 1. The van der Waals surface area contributed by atoms with Gasteiger partial charge in [-0.05, 0) is 55.0 Å². The van der Waals surface area contributed by atoms with Crippen LogP contribution in [0.5, 0.6) is 0 Å². The fraction of sp³-hybridized carbons (Fsp3) is 0.273. The van der Waals surface area contributed by atoms with Gasteiger partial charge in [-0.2, -0.15) is 0 Å². The molecule has 3 aromatic rings. The molecule has 4 rings (SSSR count). The van der Waals surface area contributed by atoms with Gasteiger partial charge in [-0.3, -0.25) is 4.98 Å². The van der Waals surface area contributed by atoms with Crippen LogP contribution in [0.3, 0.4) is 0 Å². The molecule has 2 heterocycles. The molecule has 1 aliphatic rings. The fourth-order valence-corrected chi connectivity index (χ4v) is 3.66.